The van der Waals surface area contributed by atoms with Crippen molar-refractivity contribution < 1.29 is 4.79 Å². The summed E-state index contributed by atoms with van der Waals surface area (Å²) >= 11 is 0. The maximum atomic E-state index is 11.3. The van der Waals surface area contributed by atoms with Crippen molar-refractivity contribution in [3.8, 4) is 0 Å². The first-order valence-corrected chi connectivity index (χ1v) is 5.65. The molecule has 2 amide bonds. The Morgan fingerprint density at radius 2 is 2.19 bits per heavy atom. The number of nitrogens with one attached hydrogen (secondary N) is 2. The van der Waals surface area contributed by atoms with E-state index in [1.54, 1.807) is 6.20 Å². The van der Waals surface area contributed by atoms with Gasteiger partial charge in [0.1, 0.15) is 0 Å². The molecular weight excluding hydrogens is 202 g/mol. The predicted octanol–water partition coefficient (Wildman–Crippen LogP) is 1.99. The molecule has 16 heavy (non-hydrogen) atoms. The van der Waals surface area contributed by atoms with Gasteiger partial charge in [0.15, 0.2) is 0 Å². The third-order valence-electron chi connectivity index (χ3n) is 2.24. The highest BCUT2D eigenvalue weighted by Crippen LogP contribution is 1.98. The fourth-order valence-corrected chi connectivity index (χ4v) is 1.23. The van der Waals surface area contributed by atoms with Crippen LogP contribution in [-0.2, 0) is 6.54 Å². The molecule has 0 saturated heterocycles. The summed E-state index contributed by atoms with van der Waals surface area (Å²) < 4.78 is 0. The van der Waals surface area contributed by atoms with E-state index >= 15 is 0 Å². The molecule has 4 nitrogen and oxygen atoms in total. The van der Waals surface area contributed by atoms with Gasteiger partial charge in [0.25, 0.3) is 0 Å². The van der Waals surface area contributed by atoms with Gasteiger partial charge >= 0.3 is 6.03 Å². The Hall–Kier alpha value is -1.58. The van der Waals surface area contributed by atoms with Gasteiger partial charge in [-0.2, -0.15) is 0 Å². The normalized spacial score (nSPS) is 9.88. The first kappa shape index (κ1) is 12.5. The van der Waals surface area contributed by atoms with Gasteiger partial charge in [-0.15, -0.1) is 0 Å². The molecule has 0 fully saturated rings. The number of hydrogen-bond donors (Lipinski definition) is 2. The molecule has 1 aromatic heterocycles. The smallest absolute Gasteiger partial charge is 0.315 e. The number of nitrogens with zero attached hydrogens (tertiary/aromatic N) is 1. The quantitative estimate of drug-likeness (QED) is 0.747. The molecule has 0 bridgehead atoms. The van der Waals surface area contributed by atoms with E-state index < -0.39 is 0 Å². The van der Waals surface area contributed by atoms with Crippen molar-refractivity contribution in [1.29, 1.82) is 0 Å². The molecule has 0 radical (unpaired) electrons. The summed E-state index contributed by atoms with van der Waals surface area (Å²) in [5.41, 5.74) is 1.99. The first-order valence-electron chi connectivity index (χ1n) is 5.65. The van der Waals surface area contributed by atoms with Gasteiger partial charge in [-0.25, -0.2) is 4.79 Å². The molecule has 0 aliphatic rings. The van der Waals surface area contributed by atoms with E-state index in [0.29, 0.717) is 6.54 Å². The van der Waals surface area contributed by atoms with Crippen molar-refractivity contribution >= 4 is 6.03 Å². The lowest BCUT2D eigenvalue weighted by Gasteiger charge is -2.06. The van der Waals surface area contributed by atoms with Crippen molar-refractivity contribution in [3.63, 3.8) is 0 Å². The Labute approximate surface area is 96.5 Å². The van der Waals surface area contributed by atoms with Crippen molar-refractivity contribution in [1.82, 2.24) is 15.6 Å². The number of rotatable bonds is 5. The Morgan fingerprint density at radius 3 is 2.81 bits per heavy atom. The second-order valence-corrected chi connectivity index (χ2v) is 3.77. The standard InChI is InChI=1S/C12H19N3O/c1-3-4-7-13-12(16)15-9-11-6-5-10(2)14-8-11/h5-6,8H,3-4,7,9H2,1-2H3,(H2,13,15,16). The summed E-state index contributed by atoms with van der Waals surface area (Å²) in [6.45, 7) is 5.28. The second-order valence-electron chi connectivity index (χ2n) is 3.77. The zero-order valence-electron chi connectivity index (χ0n) is 9.92. The highest BCUT2D eigenvalue weighted by molar-refractivity contribution is 5.73. The molecule has 88 valence electrons. The number of carbonyl (C=O) groups is 1. The Balaban J connectivity index is 2.23. The molecule has 1 rings (SSSR count). The van der Waals surface area contributed by atoms with Gasteiger partial charge in [0.05, 0.1) is 0 Å². The van der Waals surface area contributed by atoms with E-state index in [2.05, 4.69) is 22.5 Å². The van der Waals surface area contributed by atoms with Crippen LogP contribution in [0.15, 0.2) is 18.3 Å². The van der Waals surface area contributed by atoms with Crippen LogP contribution < -0.4 is 10.6 Å². The van der Waals surface area contributed by atoms with Gasteiger partial charge in [0, 0.05) is 25.0 Å². The lowest BCUT2D eigenvalue weighted by molar-refractivity contribution is 0.240. The maximum absolute atomic E-state index is 11.3. The van der Waals surface area contributed by atoms with E-state index in [9.17, 15) is 4.79 Å². The largest absolute Gasteiger partial charge is 0.338 e. The average molecular weight is 221 g/mol. The molecular formula is C12H19N3O. The van der Waals surface area contributed by atoms with Crippen LogP contribution in [0.4, 0.5) is 4.79 Å². The van der Waals surface area contributed by atoms with E-state index in [4.69, 9.17) is 0 Å². The molecule has 0 aromatic carbocycles. The number of hydrogen-bond acceptors (Lipinski definition) is 2. The van der Waals surface area contributed by atoms with Crippen LogP contribution in [0.25, 0.3) is 0 Å². The maximum Gasteiger partial charge on any atom is 0.315 e. The van der Waals surface area contributed by atoms with E-state index in [0.717, 1.165) is 30.6 Å². The lowest BCUT2D eigenvalue weighted by Crippen LogP contribution is -2.35. The van der Waals surface area contributed by atoms with Crippen molar-refractivity contribution in [2.45, 2.75) is 33.2 Å². The summed E-state index contributed by atoms with van der Waals surface area (Å²) in [6.07, 6.45) is 3.88. The summed E-state index contributed by atoms with van der Waals surface area (Å²) in [7, 11) is 0. The molecule has 0 atom stereocenters. The van der Waals surface area contributed by atoms with Gasteiger partial charge < -0.3 is 10.6 Å². The fourth-order valence-electron chi connectivity index (χ4n) is 1.23. The van der Waals surface area contributed by atoms with Gasteiger partial charge in [0.2, 0.25) is 0 Å². The first-order chi connectivity index (χ1) is 7.72. The number of pyridine rings is 1. The van der Waals surface area contributed by atoms with Gasteiger partial charge in [-0.05, 0) is 25.0 Å². The van der Waals surface area contributed by atoms with Crippen LogP contribution in [0.5, 0.6) is 0 Å². The fraction of sp³-hybridized carbons (Fsp3) is 0.500. The summed E-state index contributed by atoms with van der Waals surface area (Å²) in [5.74, 6) is 0. The zero-order valence-corrected chi connectivity index (χ0v) is 9.92. The molecule has 0 aliphatic carbocycles. The number of aromatic nitrogens is 1. The summed E-state index contributed by atoms with van der Waals surface area (Å²) in [4.78, 5) is 15.5. The van der Waals surface area contributed by atoms with Crippen molar-refractivity contribution in [3.05, 3.63) is 29.6 Å². The van der Waals surface area contributed by atoms with Gasteiger partial charge in [-0.1, -0.05) is 19.4 Å². The van der Waals surface area contributed by atoms with Crippen molar-refractivity contribution in [2.24, 2.45) is 0 Å². The number of amides is 2. The minimum atomic E-state index is -0.117. The highest BCUT2D eigenvalue weighted by atomic mass is 16.2. The minimum Gasteiger partial charge on any atom is -0.338 e. The van der Waals surface area contributed by atoms with Crippen LogP contribution in [0.2, 0.25) is 0 Å². The Morgan fingerprint density at radius 1 is 1.38 bits per heavy atom. The minimum absolute atomic E-state index is 0.117. The van der Waals surface area contributed by atoms with Crippen LogP contribution >= 0.6 is 0 Å². The zero-order chi connectivity index (χ0) is 11.8. The molecule has 0 unspecified atom stereocenters. The van der Waals surface area contributed by atoms with Crippen LogP contribution in [0.3, 0.4) is 0 Å². The molecule has 1 aromatic rings. The van der Waals surface area contributed by atoms with Crippen LogP contribution in [0.1, 0.15) is 31.0 Å². The van der Waals surface area contributed by atoms with E-state index in [1.165, 1.54) is 0 Å². The lowest BCUT2D eigenvalue weighted by atomic mass is 10.2. The van der Waals surface area contributed by atoms with E-state index in [1.807, 2.05) is 19.1 Å². The molecule has 0 spiro atoms. The molecule has 4 heteroatoms. The average Bonchev–Trinajstić information content (AvgIpc) is 2.29. The van der Waals surface area contributed by atoms with Crippen molar-refractivity contribution in [2.75, 3.05) is 6.54 Å². The van der Waals surface area contributed by atoms with Crippen LogP contribution in [-0.4, -0.2) is 17.6 Å². The number of aryl methyl sites for hydroxylation is 1. The highest BCUT2D eigenvalue weighted by Gasteiger charge is 1.99. The third-order valence-corrected chi connectivity index (χ3v) is 2.24. The topological polar surface area (TPSA) is 54.0 Å². The molecule has 0 aliphatic heterocycles. The number of unbranched alkanes of at least 4 members (excludes halogenated alkanes) is 1. The molecule has 1 heterocycles. The predicted molar refractivity (Wildman–Crippen MR) is 64.1 cm³/mol. The second kappa shape index (κ2) is 6.82. The van der Waals surface area contributed by atoms with E-state index in [-0.39, 0.29) is 6.03 Å². The van der Waals surface area contributed by atoms with Crippen LogP contribution in [0, 0.1) is 6.92 Å². The van der Waals surface area contributed by atoms with Gasteiger partial charge in [-0.3, -0.25) is 4.98 Å². The number of carbonyl (C=O) groups excluding carboxylic acids is 1. The third kappa shape index (κ3) is 4.77. The number of urea groups is 1. The molecule has 0 saturated carbocycles. The Kier molecular flexibility index (Phi) is 5.32. The SMILES string of the molecule is CCCCNC(=O)NCc1ccc(C)nc1. The molecule has 2 N–H and O–H groups in total. The Bertz CT molecular complexity index is 322. The summed E-state index contributed by atoms with van der Waals surface area (Å²) in [6, 6.07) is 3.79. The monoisotopic (exact) mass is 221 g/mol. The summed E-state index contributed by atoms with van der Waals surface area (Å²) in [5, 5.41) is 5.58.